The minimum absolute atomic E-state index is 0.0459. The summed E-state index contributed by atoms with van der Waals surface area (Å²) in [5, 5.41) is 4.21. The van der Waals surface area contributed by atoms with Crippen LogP contribution >= 0.6 is 11.3 Å². The molecule has 0 aliphatic carbocycles. The average Bonchev–Trinajstić information content (AvgIpc) is 3.20. The highest BCUT2D eigenvalue weighted by Gasteiger charge is 2.36. The monoisotopic (exact) mass is 341 g/mol. The third-order valence-corrected chi connectivity index (χ3v) is 6.40. The van der Waals surface area contributed by atoms with Crippen LogP contribution in [0.4, 0.5) is 0 Å². The molecule has 2 unspecified atom stereocenters. The summed E-state index contributed by atoms with van der Waals surface area (Å²) in [7, 11) is 0. The molecule has 4 rings (SSSR count). The number of hydrogen-bond donors (Lipinski definition) is 1. The zero-order valence-corrected chi connectivity index (χ0v) is 14.8. The predicted molar refractivity (Wildman–Crippen MR) is 97.4 cm³/mol. The lowest BCUT2D eigenvalue weighted by molar-refractivity contribution is 0.0918. The Morgan fingerprint density at radius 3 is 2.88 bits per heavy atom. The highest BCUT2D eigenvalue weighted by atomic mass is 32.1. The van der Waals surface area contributed by atoms with Crippen molar-refractivity contribution in [3.05, 3.63) is 40.9 Å². The lowest BCUT2D eigenvalue weighted by atomic mass is 9.99. The highest BCUT2D eigenvalue weighted by molar-refractivity contribution is 7.17. The molecule has 2 atom stereocenters. The van der Waals surface area contributed by atoms with E-state index in [9.17, 15) is 4.79 Å². The molecule has 0 radical (unpaired) electrons. The number of rotatable bonds is 3. The third kappa shape index (κ3) is 2.98. The van der Waals surface area contributed by atoms with Crippen LogP contribution in [-0.4, -0.2) is 41.0 Å². The van der Waals surface area contributed by atoms with Gasteiger partial charge in [-0.05, 0) is 32.7 Å². The summed E-state index contributed by atoms with van der Waals surface area (Å²) in [6.07, 6.45) is 4.86. The fourth-order valence-electron chi connectivity index (χ4n) is 3.96. The highest BCUT2D eigenvalue weighted by Crippen LogP contribution is 2.30. The van der Waals surface area contributed by atoms with Gasteiger partial charge in [0.1, 0.15) is 9.88 Å². The van der Waals surface area contributed by atoms with Gasteiger partial charge >= 0.3 is 0 Å². The maximum atomic E-state index is 12.8. The van der Waals surface area contributed by atoms with Crippen molar-refractivity contribution in [1.29, 1.82) is 0 Å². The number of aryl methyl sites for hydroxylation is 1. The molecule has 3 heterocycles. The minimum atomic E-state index is 0.0459. The van der Waals surface area contributed by atoms with E-state index >= 15 is 0 Å². The van der Waals surface area contributed by atoms with E-state index in [0.717, 1.165) is 34.1 Å². The molecular formula is C19H23N3OS. The Morgan fingerprint density at radius 2 is 2.04 bits per heavy atom. The summed E-state index contributed by atoms with van der Waals surface area (Å²) >= 11 is 1.50. The molecule has 126 valence electrons. The predicted octanol–water partition coefficient (Wildman–Crippen LogP) is 3.48. The summed E-state index contributed by atoms with van der Waals surface area (Å²) in [6.45, 7) is 4.24. The van der Waals surface area contributed by atoms with Crippen LogP contribution in [-0.2, 0) is 0 Å². The molecule has 24 heavy (non-hydrogen) atoms. The second-order valence-electron chi connectivity index (χ2n) is 6.77. The van der Waals surface area contributed by atoms with E-state index in [2.05, 4.69) is 15.2 Å². The van der Waals surface area contributed by atoms with Crippen molar-refractivity contribution < 1.29 is 4.79 Å². The molecule has 2 fully saturated rings. The molecule has 2 aliphatic heterocycles. The van der Waals surface area contributed by atoms with Crippen LogP contribution in [0.5, 0.6) is 0 Å². The van der Waals surface area contributed by atoms with Gasteiger partial charge in [0.05, 0.1) is 5.69 Å². The standard InChI is InChI=1S/C19H23N3OS/c1-13-17(24-19(20-13)14-7-3-2-4-8-14)18(23)21-15-10-12-22-11-6-5-9-16(15)22/h2-4,7-8,15-16H,5-6,9-12H2,1H3,(H,21,23). The van der Waals surface area contributed by atoms with Crippen molar-refractivity contribution in [2.45, 2.75) is 44.7 Å². The van der Waals surface area contributed by atoms with Gasteiger partial charge in [-0.15, -0.1) is 11.3 Å². The Morgan fingerprint density at radius 1 is 1.21 bits per heavy atom. The van der Waals surface area contributed by atoms with E-state index in [4.69, 9.17) is 0 Å². The van der Waals surface area contributed by atoms with Crippen molar-refractivity contribution in [1.82, 2.24) is 15.2 Å². The van der Waals surface area contributed by atoms with Gasteiger partial charge in [0.2, 0.25) is 0 Å². The fraction of sp³-hybridized carbons (Fsp3) is 0.474. The van der Waals surface area contributed by atoms with Crippen LogP contribution in [0.15, 0.2) is 30.3 Å². The van der Waals surface area contributed by atoms with Crippen molar-refractivity contribution in [3.8, 4) is 10.6 Å². The molecule has 2 aromatic rings. The first-order chi connectivity index (χ1) is 11.7. The van der Waals surface area contributed by atoms with Crippen LogP contribution < -0.4 is 5.32 Å². The minimum Gasteiger partial charge on any atom is -0.347 e. The van der Waals surface area contributed by atoms with E-state index in [-0.39, 0.29) is 5.91 Å². The summed E-state index contributed by atoms with van der Waals surface area (Å²) in [5.74, 6) is 0.0459. The molecule has 2 saturated heterocycles. The summed E-state index contributed by atoms with van der Waals surface area (Å²) in [6, 6.07) is 10.9. The van der Waals surface area contributed by atoms with Crippen LogP contribution in [0, 0.1) is 6.92 Å². The number of nitrogens with one attached hydrogen (secondary N) is 1. The third-order valence-electron chi connectivity index (χ3n) is 5.20. The van der Waals surface area contributed by atoms with Crippen LogP contribution in [0.1, 0.15) is 41.0 Å². The van der Waals surface area contributed by atoms with Crippen molar-refractivity contribution in [2.75, 3.05) is 13.1 Å². The maximum absolute atomic E-state index is 12.8. The molecule has 4 nitrogen and oxygen atoms in total. The number of nitrogens with zero attached hydrogens (tertiary/aromatic N) is 2. The van der Waals surface area contributed by atoms with E-state index in [1.54, 1.807) is 0 Å². The number of fused-ring (bicyclic) bond motifs is 1. The number of piperidine rings is 1. The van der Waals surface area contributed by atoms with Gasteiger partial charge < -0.3 is 5.32 Å². The molecule has 1 amide bonds. The molecule has 2 aliphatic rings. The molecule has 0 spiro atoms. The first kappa shape index (κ1) is 15.8. The molecule has 0 saturated carbocycles. The zero-order valence-electron chi connectivity index (χ0n) is 14.0. The number of aromatic nitrogens is 1. The van der Waals surface area contributed by atoms with Crippen LogP contribution in [0.3, 0.4) is 0 Å². The van der Waals surface area contributed by atoms with E-state index in [1.165, 1.54) is 37.1 Å². The normalized spacial score (nSPS) is 23.9. The number of thiazole rings is 1. The number of amides is 1. The van der Waals surface area contributed by atoms with Gasteiger partial charge in [-0.25, -0.2) is 4.98 Å². The smallest absolute Gasteiger partial charge is 0.263 e. The summed E-state index contributed by atoms with van der Waals surface area (Å²) in [5.41, 5.74) is 1.90. The average molecular weight is 341 g/mol. The largest absolute Gasteiger partial charge is 0.347 e. The summed E-state index contributed by atoms with van der Waals surface area (Å²) < 4.78 is 0. The number of hydrogen-bond acceptors (Lipinski definition) is 4. The lowest BCUT2D eigenvalue weighted by Crippen LogP contribution is -2.46. The lowest BCUT2D eigenvalue weighted by Gasteiger charge is -2.32. The van der Waals surface area contributed by atoms with Gasteiger partial charge in [0.15, 0.2) is 0 Å². The first-order valence-corrected chi connectivity index (χ1v) is 9.62. The summed E-state index contributed by atoms with van der Waals surface area (Å²) in [4.78, 5) is 20.7. The van der Waals surface area contributed by atoms with Gasteiger partial charge in [-0.2, -0.15) is 0 Å². The van der Waals surface area contributed by atoms with Gasteiger partial charge in [0.25, 0.3) is 5.91 Å². The topological polar surface area (TPSA) is 45.2 Å². The van der Waals surface area contributed by atoms with Gasteiger partial charge in [-0.1, -0.05) is 36.8 Å². The fourth-order valence-corrected chi connectivity index (χ4v) is 4.94. The zero-order chi connectivity index (χ0) is 16.5. The van der Waals surface area contributed by atoms with Crippen LogP contribution in [0.2, 0.25) is 0 Å². The van der Waals surface area contributed by atoms with E-state index < -0.39 is 0 Å². The second-order valence-corrected chi connectivity index (χ2v) is 7.77. The van der Waals surface area contributed by atoms with Crippen molar-refractivity contribution in [3.63, 3.8) is 0 Å². The number of carbonyl (C=O) groups excluding carboxylic acids is 1. The van der Waals surface area contributed by atoms with Crippen molar-refractivity contribution >= 4 is 17.2 Å². The molecule has 0 bridgehead atoms. The number of carbonyl (C=O) groups is 1. The van der Waals surface area contributed by atoms with Crippen LogP contribution in [0.25, 0.3) is 10.6 Å². The molecule has 1 N–H and O–H groups in total. The molecule has 1 aromatic heterocycles. The Labute approximate surface area is 146 Å². The maximum Gasteiger partial charge on any atom is 0.263 e. The Hall–Kier alpha value is -1.72. The first-order valence-electron chi connectivity index (χ1n) is 8.80. The SMILES string of the molecule is Cc1nc(-c2ccccc2)sc1C(=O)NC1CCN2CCCCC12. The number of benzene rings is 1. The van der Waals surface area contributed by atoms with Crippen molar-refractivity contribution in [2.24, 2.45) is 0 Å². The Bertz CT molecular complexity index is 727. The van der Waals surface area contributed by atoms with Gasteiger partial charge in [-0.3, -0.25) is 9.69 Å². The van der Waals surface area contributed by atoms with E-state index in [0.29, 0.717) is 12.1 Å². The second kappa shape index (κ2) is 6.65. The van der Waals surface area contributed by atoms with E-state index in [1.807, 2.05) is 37.3 Å². The van der Waals surface area contributed by atoms with Gasteiger partial charge in [0, 0.05) is 24.2 Å². The quantitative estimate of drug-likeness (QED) is 0.930. The Kier molecular flexibility index (Phi) is 4.37. The molecule has 5 heteroatoms. The molecular weight excluding hydrogens is 318 g/mol. The molecule has 1 aromatic carbocycles. The Balaban J connectivity index is 1.50.